The van der Waals surface area contributed by atoms with Crippen LogP contribution in [0.25, 0.3) is 11.1 Å². The summed E-state index contributed by atoms with van der Waals surface area (Å²) in [5.41, 5.74) is 9.80. The second kappa shape index (κ2) is 7.92. The fourth-order valence-corrected chi connectivity index (χ4v) is 2.68. The Morgan fingerprint density at radius 3 is 2.60 bits per heavy atom. The number of rotatable bonds is 5. The number of benzene rings is 2. The van der Waals surface area contributed by atoms with Crippen LogP contribution in [0, 0.1) is 0 Å². The number of carbonyl (C=O) groups excluding carboxylic acids is 1. The molecular formula is C20H18ClN3O. The van der Waals surface area contributed by atoms with E-state index in [-0.39, 0.29) is 5.91 Å². The van der Waals surface area contributed by atoms with E-state index < -0.39 is 0 Å². The van der Waals surface area contributed by atoms with Gasteiger partial charge in [-0.25, -0.2) is 0 Å². The van der Waals surface area contributed by atoms with Crippen LogP contribution in [0.5, 0.6) is 0 Å². The third kappa shape index (κ3) is 4.24. The van der Waals surface area contributed by atoms with Crippen LogP contribution in [0.15, 0.2) is 66.9 Å². The molecule has 0 atom stereocenters. The molecule has 2 aromatic carbocycles. The molecule has 25 heavy (non-hydrogen) atoms. The van der Waals surface area contributed by atoms with Gasteiger partial charge in [-0.3, -0.25) is 9.78 Å². The number of hydrogen-bond donors (Lipinski definition) is 2. The van der Waals surface area contributed by atoms with E-state index in [1.54, 1.807) is 18.3 Å². The maximum atomic E-state index is 12.6. The molecule has 4 nitrogen and oxygen atoms in total. The molecule has 3 N–H and O–H groups in total. The molecule has 0 bridgehead atoms. The lowest BCUT2D eigenvalue weighted by Crippen LogP contribution is -2.24. The number of halogens is 1. The number of nitrogens with two attached hydrogens (primary N) is 1. The molecule has 0 saturated carbocycles. The van der Waals surface area contributed by atoms with Crippen molar-refractivity contribution in [1.82, 2.24) is 10.3 Å². The Hall–Kier alpha value is -2.69. The zero-order chi connectivity index (χ0) is 17.6. The molecular weight excluding hydrogens is 334 g/mol. The van der Waals surface area contributed by atoms with Gasteiger partial charge in [-0.2, -0.15) is 0 Å². The Balaban J connectivity index is 1.82. The number of nitrogens with zero attached hydrogens (tertiary/aromatic N) is 1. The van der Waals surface area contributed by atoms with Crippen molar-refractivity contribution in [3.8, 4) is 11.1 Å². The first-order valence-electron chi connectivity index (χ1n) is 7.94. The highest BCUT2D eigenvalue weighted by Crippen LogP contribution is 2.23. The van der Waals surface area contributed by atoms with E-state index in [2.05, 4.69) is 10.3 Å². The first-order chi connectivity index (χ1) is 12.2. The van der Waals surface area contributed by atoms with Crippen LogP contribution in [0.3, 0.4) is 0 Å². The van der Waals surface area contributed by atoms with Crippen molar-refractivity contribution in [1.29, 1.82) is 0 Å². The fourth-order valence-electron chi connectivity index (χ4n) is 2.55. The minimum Gasteiger partial charge on any atom is -0.347 e. The van der Waals surface area contributed by atoms with Crippen molar-refractivity contribution < 1.29 is 4.79 Å². The predicted molar refractivity (Wildman–Crippen MR) is 100 cm³/mol. The molecule has 0 saturated heterocycles. The van der Waals surface area contributed by atoms with Gasteiger partial charge in [0.15, 0.2) is 0 Å². The SMILES string of the molecule is NCc1cccc(-c2cccnc2C(=O)NCc2ccc(Cl)cc2)c1. The first-order valence-corrected chi connectivity index (χ1v) is 8.32. The molecule has 1 heterocycles. The largest absolute Gasteiger partial charge is 0.347 e. The van der Waals surface area contributed by atoms with E-state index in [0.717, 1.165) is 22.3 Å². The maximum absolute atomic E-state index is 12.6. The van der Waals surface area contributed by atoms with Crippen LogP contribution in [0.4, 0.5) is 0 Å². The summed E-state index contributed by atoms with van der Waals surface area (Å²) in [4.78, 5) is 16.9. The lowest BCUT2D eigenvalue weighted by Gasteiger charge is -2.10. The summed E-state index contributed by atoms with van der Waals surface area (Å²) in [6, 6.07) is 18.9. The second-order valence-corrected chi connectivity index (χ2v) is 6.05. The number of hydrogen-bond acceptors (Lipinski definition) is 3. The molecule has 0 radical (unpaired) electrons. The zero-order valence-electron chi connectivity index (χ0n) is 13.6. The third-order valence-corrected chi connectivity index (χ3v) is 4.11. The van der Waals surface area contributed by atoms with E-state index in [1.165, 1.54) is 0 Å². The van der Waals surface area contributed by atoms with E-state index in [0.29, 0.717) is 23.8 Å². The zero-order valence-corrected chi connectivity index (χ0v) is 14.3. The monoisotopic (exact) mass is 351 g/mol. The van der Waals surface area contributed by atoms with Gasteiger partial charge in [0.1, 0.15) is 5.69 Å². The molecule has 1 aromatic heterocycles. The van der Waals surface area contributed by atoms with Crippen LogP contribution in [0.2, 0.25) is 5.02 Å². The van der Waals surface area contributed by atoms with Gasteiger partial charge in [0.25, 0.3) is 5.91 Å². The number of carbonyl (C=O) groups is 1. The minimum atomic E-state index is -0.219. The summed E-state index contributed by atoms with van der Waals surface area (Å²) >= 11 is 5.88. The van der Waals surface area contributed by atoms with Crippen LogP contribution in [-0.4, -0.2) is 10.9 Å². The van der Waals surface area contributed by atoms with Crippen molar-refractivity contribution >= 4 is 17.5 Å². The Kier molecular flexibility index (Phi) is 5.43. The number of aromatic nitrogens is 1. The molecule has 0 aliphatic rings. The molecule has 0 aliphatic heterocycles. The molecule has 126 valence electrons. The van der Waals surface area contributed by atoms with Gasteiger partial charge in [0, 0.05) is 29.9 Å². The topological polar surface area (TPSA) is 68.0 Å². The van der Waals surface area contributed by atoms with E-state index in [4.69, 9.17) is 17.3 Å². The third-order valence-electron chi connectivity index (χ3n) is 3.86. The van der Waals surface area contributed by atoms with Gasteiger partial charge >= 0.3 is 0 Å². The van der Waals surface area contributed by atoms with Gasteiger partial charge in [0.2, 0.25) is 0 Å². The van der Waals surface area contributed by atoms with E-state index in [9.17, 15) is 4.79 Å². The molecule has 3 rings (SSSR count). The van der Waals surface area contributed by atoms with Crippen molar-refractivity contribution in [2.24, 2.45) is 5.73 Å². The fraction of sp³-hybridized carbons (Fsp3) is 0.100. The highest BCUT2D eigenvalue weighted by atomic mass is 35.5. The van der Waals surface area contributed by atoms with Gasteiger partial charge < -0.3 is 11.1 Å². The minimum absolute atomic E-state index is 0.219. The second-order valence-electron chi connectivity index (χ2n) is 5.61. The van der Waals surface area contributed by atoms with Crippen LogP contribution >= 0.6 is 11.6 Å². The summed E-state index contributed by atoms with van der Waals surface area (Å²) in [6.07, 6.45) is 1.62. The highest BCUT2D eigenvalue weighted by molar-refractivity contribution is 6.30. The normalized spacial score (nSPS) is 10.5. The van der Waals surface area contributed by atoms with Crippen molar-refractivity contribution in [3.05, 3.63) is 88.7 Å². The summed E-state index contributed by atoms with van der Waals surface area (Å²) in [5, 5.41) is 3.57. The highest BCUT2D eigenvalue weighted by Gasteiger charge is 2.14. The summed E-state index contributed by atoms with van der Waals surface area (Å²) < 4.78 is 0. The Bertz CT molecular complexity index is 878. The first kappa shape index (κ1) is 17.1. The maximum Gasteiger partial charge on any atom is 0.270 e. The number of amides is 1. The van der Waals surface area contributed by atoms with Gasteiger partial charge in [-0.1, -0.05) is 48.0 Å². The van der Waals surface area contributed by atoms with Gasteiger partial charge in [-0.05, 0) is 41.0 Å². The van der Waals surface area contributed by atoms with Crippen LogP contribution < -0.4 is 11.1 Å². The summed E-state index contributed by atoms with van der Waals surface area (Å²) in [6.45, 7) is 0.862. The smallest absolute Gasteiger partial charge is 0.270 e. The Labute approximate surface area is 151 Å². The molecule has 5 heteroatoms. The molecule has 0 unspecified atom stereocenters. The van der Waals surface area contributed by atoms with E-state index in [1.807, 2.05) is 48.5 Å². The van der Waals surface area contributed by atoms with Crippen molar-refractivity contribution in [2.75, 3.05) is 0 Å². The average Bonchev–Trinajstić information content (AvgIpc) is 2.67. The lowest BCUT2D eigenvalue weighted by molar-refractivity contribution is 0.0946. The quantitative estimate of drug-likeness (QED) is 0.734. The average molecular weight is 352 g/mol. The van der Waals surface area contributed by atoms with Crippen LogP contribution in [0.1, 0.15) is 21.6 Å². The summed E-state index contributed by atoms with van der Waals surface area (Å²) in [7, 11) is 0. The van der Waals surface area contributed by atoms with Gasteiger partial charge in [-0.15, -0.1) is 0 Å². The lowest BCUT2D eigenvalue weighted by atomic mass is 10.0. The van der Waals surface area contributed by atoms with E-state index >= 15 is 0 Å². The van der Waals surface area contributed by atoms with Crippen LogP contribution in [-0.2, 0) is 13.1 Å². The molecule has 0 spiro atoms. The molecule has 1 amide bonds. The Morgan fingerprint density at radius 1 is 1.04 bits per heavy atom. The molecule has 0 aliphatic carbocycles. The van der Waals surface area contributed by atoms with Crippen molar-refractivity contribution in [2.45, 2.75) is 13.1 Å². The van der Waals surface area contributed by atoms with Gasteiger partial charge in [0.05, 0.1) is 0 Å². The predicted octanol–water partition coefficient (Wildman–Crippen LogP) is 3.79. The molecule has 0 fully saturated rings. The number of pyridine rings is 1. The molecule has 3 aromatic rings. The number of nitrogens with one attached hydrogen (secondary N) is 1. The standard InChI is InChI=1S/C20H18ClN3O/c21-17-8-6-14(7-9-17)13-24-20(25)19-18(5-2-10-23-19)16-4-1-3-15(11-16)12-22/h1-11H,12-13,22H2,(H,24,25). The Morgan fingerprint density at radius 2 is 1.84 bits per heavy atom. The summed E-state index contributed by atoms with van der Waals surface area (Å²) in [5.74, 6) is -0.219. The van der Waals surface area contributed by atoms with Crippen molar-refractivity contribution in [3.63, 3.8) is 0 Å².